The van der Waals surface area contributed by atoms with Crippen LogP contribution in [0.15, 0.2) is 30.0 Å². The molecule has 0 unspecified atom stereocenters. The van der Waals surface area contributed by atoms with E-state index < -0.39 is 0 Å². The Hall–Kier alpha value is -1.13. The van der Waals surface area contributed by atoms with Crippen LogP contribution in [0.2, 0.25) is 0 Å². The highest BCUT2D eigenvalue weighted by molar-refractivity contribution is 7.09. The molecule has 2 rings (SSSR count). The molecule has 0 saturated heterocycles. The molecule has 0 atom stereocenters. The van der Waals surface area contributed by atoms with Gasteiger partial charge in [-0.15, -0.1) is 11.3 Å². The summed E-state index contributed by atoms with van der Waals surface area (Å²) in [7, 11) is 0. The van der Waals surface area contributed by atoms with Crippen LogP contribution < -0.4 is 5.32 Å². The monoisotopic (exact) mass is 249 g/mol. The van der Waals surface area contributed by atoms with Crippen molar-refractivity contribution in [3.63, 3.8) is 0 Å². The molecule has 2 aromatic rings. The molecule has 1 N–H and O–H groups in total. The second-order valence-electron chi connectivity index (χ2n) is 4.44. The topological polar surface area (TPSA) is 29.9 Å². The fourth-order valence-corrected chi connectivity index (χ4v) is 2.39. The van der Waals surface area contributed by atoms with Gasteiger partial charge in [-0.05, 0) is 17.9 Å². The van der Waals surface area contributed by atoms with Crippen molar-refractivity contribution < 1.29 is 0 Å². The van der Waals surface area contributed by atoms with Gasteiger partial charge in [0.05, 0.1) is 12.0 Å². The number of rotatable bonds is 6. The van der Waals surface area contributed by atoms with Gasteiger partial charge in [0.1, 0.15) is 0 Å². The van der Waals surface area contributed by atoms with E-state index in [0.29, 0.717) is 6.04 Å². The zero-order valence-corrected chi connectivity index (χ0v) is 11.2. The van der Waals surface area contributed by atoms with E-state index in [1.807, 2.05) is 23.9 Å². The van der Waals surface area contributed by atoms with Crippen LogP contribution in [-0.2, 0) is 19.5 Å². The lowest BCUT2D eigenvalue weighted by molar-refractivity contribution is 0.555. The van der Waals surface area contributed by atoms with Crippen LogP contribution in [0.3, 0.4) is 0 Å². The Kier molecular flexibility index (Phi) is 4.34. The van der Waals surface area contributed by atoms with E-state index in [9.17, 15) is 0 Å². The minimum atomic E-state index is 0.510. The summed E-state index contributed by atoms with van der Waals surface area (Å²) in [5, 5.41) is 5.55. The number of imidazole rings is 1. The lowest BCUT2D eigenvalue weighted by atomic mass is 10.3. The first-order chi connectivity index (χ1) is 8.25. The Morgan fingerprint density at radius 3 is 3.06 bits per heavy atom. The van der Waals surface area contributed by atoms with Crippen molar-refractivity contribution in [2.45, 2.75) is 39.4 Å². The summed E-state index contributed by atoms with van der Waals surface area (Å²) in [6, 6.07) is 4.80. The van der Waals surface area contributed by atoms with Gasteiger partial charge in [0, 0.05) is 30.2 Å². The van der Waals surface area contributed by atoms with Gasteiger partial charge in [-0.25, -0.2) is 4.98 Å². The fourth-order valence-electron chi connectivity index (χ4n) is 1.69. The summed E-state index contributed by atoms with van der Waals surface area (Å²) in [5.41, 5.74) is 1.26. The van der Waals surface area contributed by atoms with Gasteiger partial charge in [-0.1, -0.05) is 19.9 Å². The third-order valence-corrected chi connectivity index (χ3v) is 3.61. The maximum atomic E-state index is 4.23. The predicted octanol–water partition coefficient (Wildman–Crippen LogP) is 2.69. The molecule has 3 nitrogen and oxygen atoms in total. The summed E-state index contributed by atoms with van der Waals surface area (Å²) in [4.78, 5) is 5.66. The molecular weight excluding hydrogens is 230 g/mol. The average Bonchev–Trinajstić information content (AvgIpc) is 2.95. The van der Waals surface area contributed by atoms with E-state index >= 15 is 0 Å². The Morgan fingerprint density at radius 1 is 1.47 bits per heavy atom. The number of hydrogen-bond acceptors (Lipinski definition) is 3. The molecule has 0 aliphatic heterocycles. The number of nitrogens with zero attached hydrogens (tertiary/aromatic N) is 2. The Bertz CT molecular complexity index is 431. The van der Waals surface area contributed by atoms with Crippen molar-refractivity contribution in [2.75, 3.05) is 0 Å². The molecule has 2 heterocycles. The van der Waals surface area contributed by atoms with E-state index in [-0.39, 0.29) is 0 Å². The molecule has 2 aromatic heterocycles. The van der Waals surface area contributed by atoms with E-state index in [1.165, 1.54) is 10.6 Å². The summed E-state index contributed by atoms with van der Waals surface area (Å²) in [5.74, 6) is 0. The molecule has 0 aliphatic rings. The van der Waals surface area contributed by atoms with Crippen LogP contribution in [0.1, 0.15) is 24.4 Å². The number of nitrogens with one attached hydrogen (secondary N) is 1. The Labute approximate surface area is 107 Å². The first kappa shape index (κ1) is 12.3. The molecule has 0 saturated carbocycles. The van der Waals surface area contributed by atoms with Gasteiger partial charge in [0.15, 0.2) is 0 Å². The SMILES string of the molecule is CC(C)NCc1cncn1CCc1cccs1. The summed E-state index contributed by atoms with van der Waals surface area (Å²) in [6.45, 7) is 6.22. The quantitative estimate of drug-likeness (QED) is 0.853. The van der Waals surface area contributed by atoms with Gasteiger partial charge in [0.2, 0.25) is 0 Å². The first-order valence-corrected chi connectivity index (χ1v) is 6.88. The smallest absolute Gasteiger partial charge is 0.0948 e. The molecule has 0 bridgehead atoms. The molecule has 0 spiro atoms. The normalized spacial score (nSPS) is 11.2. The maximum Gasteiger partial charge on any atom is 0.0948 e. The number of hydrogen-bond donors (Lipinski definition) is 1. The van der Waals surface area contributed by atoms with Crippen molar-refractivity contribution in [1.29, 1.82) is 0 Å². The third kappa shape index (κ3) is 3.68. The highest BCUT2D eigenvalue weighted by Crippen LogP contribution is 2.11. The van der Waals surface area contributed by atoms with Crippen LogP contribution in [0.5, 0.6) is 0 Å². The van der Waals surface area contributed by atoms with E-state index in [1.54, 1.807) is 0 Å². The second-order valence-corrected chi connectivity index (χ2v) is 5.48. The van der Waals surface area contributed by atoms with E-state index in [2.05, 4.69) is 46.2 Å². The van der Waals surface area contributed by atoms with Crippen molar-refractivity contribution >= 4 is 11.3 Å². The van der Waals surface area contributed by atoms with Crippen LogP contribution in [0.4, 0.5) is 0 Å². The zero-order chi connectivity index (χ0) is 12.1. The van der Waals surface area contributed by atoms with Crippen molar-refractivity contribution in [3.8, 4) is 0 Å². The molecule has 0 fully saturated rings. The minimum absolute atomic E-state index is 0.510. The number of aryl methyl sites for hydroxylation is 2. The second kappa shape index (κ2) is 5.98. The molecule has 0 aliphatic carbocycles. The number of aromatic nitrogens is 2. The molecular formula is C13H19N3S. The van der Waals surface area contributed by atoms with Crippen LogP contribution in [0, 0.1) is 0 Å². The van der Waals surface area contributed by atoms with Gasteiger partial charge < -0.3 is 9.88 Å². The van der Waals surface area contributed by atoms with Crippen molar-refractivity contribution in [1.82, 2.24) is 14.9 Å². The summed E-state index contributed by atoms with van der Waals surface area (Å²) >= 11 is 1.82. The lowest BCUT2D eigenvalue weighted by Crippen LogP contribution is -2.23. The largest absolute Gasteiger partial charge is 0.333 e. The zero-order valence-electron chi connectivity index (χ0n) is 10.4. The predicted molar refractivity (Wildman–Crippen MR) is 72.2 cm³/mol. The number of thiophene rings is 1. The first-order valence-electron chi connectivity index (χ1n) is 6.00. The van der Waals surface area contributed by atoms with Gasteiger partial charge in [0.25, 0.3) is 0 Å². The molecule has 17 heavy (non-hydrogen) atoms. The molecule has 92 valence electrons. The van der Waals surface area contributed by atoms with E-state index in [0.717, 1.165) is 19.5 Å². The van der Waals surface area contributed by atoms with Crippen LogP contribution >= 0.6 is 11.3 Å². The van der Waals surface area contributed by atoms with E-state index in [4.69, 9.17) is 0 Å². The van der Waals surface area contributed by atoms with Crippen molar-refractivity contribution in [3.05, 3.63) is 40.6 Å². The standard InChI is InChI=1S/C13H19N3S/c1-11(2)15-9-12-8-14-10-16(12)6-5-13-4-3-7-17-13/h3-4,7-8,10-11,15H,5-6,9H2,1-2H3. The molecule has 0 amide bonds. The average molecular weight is 249 g/mol. The van der Waals surface area contributed by atoms with Gasteiger partial charge in [-0.3, -0.25) is 0 Å². The summed E-state index contributed by atoms with van der Waals surface area (Å²) in [6.07, 6.45) is 4.96. The molecule has 0 aromatic carbocycles. The third-order valence-electron chi connectivity index (χ3n) is 2.67. The lowest BCUT2D eigenvalue weighted by Gasteiger charge is -2.10. The molecule has 4 heteroatoms. The fraction of sp³-hybridized carbons (Fsp3) is 0.462. The maximum absolute atomic E-state index is 4.23. The van der Waals surface area contributed by atoms with Crippen LogP contribution in [0.25, 0.3) is 0 Å². The Morgan fingerprint density at radius 2 is 2.35 bits per heavy atom. The van der Waals surface area contributed by atoms with Gasteiger partial charge in [-0.2, -0.15) is 0 Å². The van der Waals surface area contributed by atoms with Gasteiger partial charge >= 0.3 is 0 Å². The van der Waals surface area contributed by atoms with Crippen LogP contribution in [-0.4, -0.2) is 15.6 Å². The summed E-state index contributed by atoms with van der Waals surface area (Å²) < 4.78 is 2.23. The Balaban J connectivity index is 1.90. The molecule has 0 radical (unpaired) electrons. The highest BCUT2D eigenvalue weighted by Gasteiger charge is 2.03. The minimum Gasteiger partial charge on any atom is -0.333 e. The van der Waals surface area contributed by atoms with Crippen molar-refractivity contribution in [2.24, 2.45) is 0 Å². The highest BCUT2D eigenvalue weighted by atomic mass is 32.1.